The Morgan fingerprint density at radius 3 is 2.55 bits per heavy atom. The summed E-state index contributed by atoms with van der Waals surface area (Å²) in [7, 11) is -4.23. The minimum absolute atomic E-state index is 0. The molecule has 2 aromatic heterocycles. The second kappa shape index (κ2) is 12.5. The predicted molar refractivity (Wildman–Crippen MR) is 166 cm³/mol. The number of anilines is 2. The number of furan rings is 1. The minimum Gasteiger partial charge on any atom is -0.465 e. The third-order valence-electron chi connectivity index (χ3n) is 6.70. The van der Waals surface area contributed by atoms with Crippen LogP contribution in [-0.4, -0.2) is 38.4 Å². The van der Waals surface area contributed by atoms with Crippen molar-refractivity contribution in [2.24, 2.45) is 5.73 Å². The number of fused-ring (bicyclic) bond motifs is 2. The van der Waals surface area contributed by atoms with Crippen LogP contribution in [0.1, 0.15) is 23.8 Å². The molecule has 0 radical (unpaired) electrons. The number of benzene rings is 3. The van der Waals surface area contributed by atoms with E-state index >= 15 is 0 Å². The largest absolute Gasteiger partial charge is 0.465 e. The fraction of sp³-hybridized carbons (Fsp3) is 0.167. The highest BCUT2D eigenvalue weighted by Crippen LogP contribution is 2.33. The number of sulfonamides is 1. The minimum atomic E-state index is -4.23. The number of amidine groups is 1. The van der Waals surface area contributed by atoms with Crippen LogP contribution in [0.5, 0.6) is 0 Å². The number of carbonyl (C=O) groups is 1. The third-order valence-corrected chi connectivity index (χ3v) is 8.50. The van der Waals surface area contributed by atoms with Crippen LogP contribution < -0.4 is 15.4 Å². The van der Waals surface area contributed by atoms with Crippen molar-refractivity contribution >= 4 is 67.5 Å². The summed E-state index contributed by atoms with van der Waals surface area (Å²) in [5.41, 5.74) is 8.92. The van der Waals surface area contributed by atoms with Crippen molar-refractivity contribution in [3.63, 3.8) is 0 Å². The summed E-state index contributed by atoms with van der Waals surface area (Å²) in [5, 5.41) is 12.3. The molecular weight excluding hydrogens is 578 g/mol. The van der Waals surface area contributed by atoms with E-state index in [9.17, 15) is 13.2 Å². The highest BCUT2D eigenvalue weighted by atomic mass is 35.5. The molecule has 0 saturated heterocycles. The van der Waals surface area contributed by atoms with Gasteiger partial charge in [0.25, 0.3) is 10.0 Å². The summed E-state index contributed by atoms with van der Waals surface area (Å²) >= 11 is 0. The molecule has 218 valence electrons. The van der Waals surface area contributed by atoms with Gasteiger partial charge >= 0.3 is 5.97 Å². The number of halogens is 1. The van der Waals surface area contributed by atoms with E-state index in [-0.39, 0.29) is 35.4 Å². The zero-order chi connectivity index (χ0) is 29.1. The Morgan fingerprint density at radius 2 is 1.83 bits per heavy atom. The quantitative estimate of drug-likeness (QED) is 0.109. The van der Waals surface area contributed by atoms with Crippen LogP contribution in [0.25, 0.3) is 21.9 Å². The zero-order valence-corrected chi connectivity index (χ0v) is 24.6. The highest BCUT2D eigenvalue weighted by Gasteiger charge is 2.30. The lowest BCUT2D eigenvalue weighted by Crippen LogP contribution is -2.36. The number of hydrogen-bond acceptors (Lipinski definition) is 8. The second-order valence-corrected chi connectivity index (χ2v) is 11.2. The van der Waals surface area contributed by atoms with E-state index in [1.54, 1.807) is 61.5 Å². The maximum atomic E-state index is 14.0. The number of hydrogen-bond donors (Lipinski definition) is 3. The number of ether oxygens (including phenoxy) is 1. The normalized spacial score (nSPS) is 11.2. The molecule has 0 atom stereocenters. The molecule has 42 heavy (non-hydrogen) atoms. The number of nitrogens with two attached hydrogens (primary N) is 1. The number of carbonyl (C=O) groups excluding carboxylic acids is 1. The average Bonchev–Trinajstić information content (AvgIpc) is 3.29. The van der Waals surface area contributed by atoms with E-state index in [4.69, 9.17) is 20.3 Å². The molecule has 0 fully saturated rings. The summed E-state index contributed by atoms with van der Waals surface area (Å²) in [6.07, 6.45) is 1.53. The fourth-order valence-electron chi connectivity index (χ4n) is 4.58. The van der Waals surface area contributed by atoms with Gasteiger partial charge in [0, 0.05) is 39.8 Å². The third kappa shape index (κ3) is 6.02. The molecular formula is C30H30ClN5O5S. The SMILES string of the molecule is CCOC(=O)CN(c1ccc2c(C)c(CNc3ccc(C(=N)N)cc3)oc2c1)S(=O)(=O)c1cccc2cccnc12.Cl. The van der Waals surface area contributed by atoms with E-state index in [0.29, 0.717) is 34.4 Å². The van der Waals surface area contributed by atoms with Crippen LogP contribution in [0, 0.1) is 12.3 Å². The number of nitrogens with one attached hydrogen (secondary N) is 2. The van der Waals surface area contributed by atoms with Crippen molar-refractivity contribution < 1.29 is 22.4 Å². The van der Waals surface area contributed by atoms with Gasteiger partial charge in [0.2, 0.25) is 0 Å². The molecule has 10 nitrogen and oxygen atoms in total. The first kappa shape index (κ1) is 30.4. The summed E-state index contributed by atoms with van der Waals surface area (Å²) in [6.45, 7) is 3.57. The van der Waals surface area contributed by atoms with Gasteiger partial charge in [-0.05, 0) is 62.4 Å². The van der Waals surface area contributed by atoms with Crippen LogP contribution in [0.3, 0.4) is 0 Å². The summed E-state index contributed by atoms with van der Waals surface area (Å²) in [5.74, 6) is -0.0114. The lowest BCUT2D eigenvalue weighted by molar-refractivity contribution is -0.141. The Labute approximate surface area is 249 Å². The average molecular weight is 608 g/mol. The Bertz CT molecular complexity index is 1870. The summed E-state index contributed by atoms with van der Waals surface area (Å²) in [6, 6.07) is 20.6. The van der Waals surface area contributed by atoms with Gasteiger partial charge in [0.1, 0.15) is 28.6 Å². The van der Waals surface area contributed by atoms with Gasteiger partial charge in [-0.25, -0.2) is 8.42 Å². The predicted octanol–water partition coefficient (Wildman–Crippen LogP) is 5.37. The van der Waals surface area contributed by atoms with Crippen molar-refractivity contribution in [1.29, 1.82) is 5.41 Å². The van der Waals surface area contributed by atoms with E-state index in [1.165, 1.54) is 12.3 Å². The van der Waals surface area contributed by atoms with Crippen LogP contribution in [0.2, 0.25) is 0 Å². The molecule has 5 aromatic rings. The van der Waals surface area contributed by atoms with E-state index in [1.807, 2.05) is 19.1 Å². The van der Waals surface area contributed by atoms with Crippen molar-refractivity contribution in [2.45, 2.75) is 25.3 Å². The molecule has 0 spiro atoms. The van der Waals surface area contributed by atoms with E-state index in [2.05, 4.69) is 10.3 Å². The van der Waals surface area contributed by atoms with Gasteiger partial charge < -0.3 is 20.2 Å². The van der Waals surface area contributed by atoms with Gasteiger partial charge in [-0.3, -0.25) is 19.5 Å². The molecule has 3 aromatic carbocycles. The van der Waals surface area contributed by atoms with Gasteiger partial charge in [-0.15, -0.1) is 12.4 Å². The monoisotopic (exact) mass is 607 g/mol. The van der Waals surface area contributed by atoms with Crippen LogP contribution in [-0.2, 0) is 26.1 Å². The molecule has 0 unspecified atom stereocenters. The number of para-hydroxylation sites is 1. The molecule has 12 heteroatoms. The topological polar surface area (TPSA) is 152 Å². The first-order valence-corrected chi connectivity index (χ1v) is 14.4. The fourth-order valence-corrected chi connectivity index (χ4v) is 6.15. The Hall–Kier alpha value is -4.61. The van der Waals surface area contributed by atoms with Crippen molar-refractivity contribution in [3.05, 3.63) is 95.9 Å². The smallest absolute Gasteiger partial charge is 0.326 e. The van der Waals surface area contributed by atoms with Gasteiger partial charge in [-0.1, -0.05) is 18.2 Å². The number of esters is 1. The Kier molecular flexibility index (Phi) is 9.03. The van der Waals surface area contributed by atoms with E-state index in [0.717, 1.165) is 20.9 Å². The molecule has 0 bridgehead atoms. The molecule has 0 amide bonds. The summed E-state index contributed by atoms with van der Waals surface area (Å²) < 4.78 is 40.4. The number of nitrogens with zero attached hydrogens (tertiary/aromatic N) is 2. The van der Waals surface area contributed by atoms with Gasteiger partial charge in [0.05, 0.1) is 24.4 Å². The Morgan fingerprint density at radius 1 is 1.10 bits per heavy atom. The first-order chi connectivity index (χ1) is 19.7. The molecule has 0 saturated carbocycles. The van der Waals surface area contributed by atoms with Crippen molar-refractivity contribution in [2.75, 3.05) is 22.8 Å². The molecule has 2 heterocycles. The molecule has 0 aliphatic carbocycles. The standard InChI is InChI=1S/C30H29N5O5S.ClH/c1-3-39-28(36)18-35(41(37,38)27-8-4-6-20-7-5-15-33-29(20)27)23-13-14-24-19(2)26(40-25(24)16-23)17-34-22-11-9-21(10-12-22)30(31)32;/h4-16,34H,3,17-18H2,1-2H3,(H3,31,32);1H. The maximum Gasteiger partial charge on any atom is 0.326 e. The van der Waals surface area contributed by atoms with E-state index < -0.39 is 22.5 Å². The molecule has 0 aliphatic rings. The van der Waals surface area contributed by atoms with Crippen LogP contribution >= 0.6 is 12.4 Å². The van der Waals surface area contributed by atoms with Gasteiger partial charge in [-0.2, -0.15) is 0 Å². The molecule has 4 N–H and O–H groups in total. The lowest BCUT2D eigenvalue weighted by atomic mass is 10.1. The summed E-state index contributed by atoms with van der Waals surface area (Å²) in [4.78, 5) is 16.9. The van der Waals surface area contributed by atoms with Gasteiger partial charge in [0.15, 0.2) is 0 Å². The van der Waals surface area contributed by atoms with Crippen LogP contribution in [0.4, 0.5) is 11.4 Å². The van der Waals surface area contributed by atoms with Crippen molar-refractivity contribution in [1.82, 2.24) is 4.98 Å². The number of nitrogen functional groups attached to an aromatic ring is 1. The Balaban J connectivity index is 0.00000405. The number of aromatic nitrogens is 1. The zero-order valence-electron chi connectivity index (χ0n) is 23.0. The number of rotatable bonds is 10. The number of aryl methyl sites for hydroxylation is 1. The first-order valence-electron chi connectivity index (χ1n) is 12.9. The molecule has 5 rings (SSSR count). The molecule has 0 aliphatic heterocycles. The lowest BCUT2D eigenvalue weighted by Gasteiger charge is -2.24. The van der Waals surface area contributed by atoms with Crippen molar-refractivity contribution in [3.8, 4) is 0 Å². The highest BCUT2D eigenvalue weighted by molar-refractivity contribution is 7.93. The van der Waals surface area contributed by atoms with Crippen LogP contribution in [0.15, 0.2) is 88.3 Å². The number of pyridine rings is 1. The maximum absolute atomic E-state index is 14.0. The second-order valence-electron chi connectivity index (χ2n) is 9.32.